The van der Waals surface area contributed by atoms with Crippen molar-refractivity contribution >= 4 is 10.0 Å². The summed E-state index contributed by atoms with van der Waals surface area (Å²) in [6, 6.07) is 2.04. The molecule has 1 aromatic carbocycles. The molecule has 0 heterocycles. The molecule has 0 aliphatic carbocycles. The SMILES string of the molecule is CCC(O)(CC)CNS(=O)(=O)c1cc(F)cc(F)c1. The van der Waals surface area contributed by atoms with Gasteiger partial charge >= 0.3 is 0 Å². The van der Waals surface area contributed by atoms with E-state index in [-0.39, 0.29) is 6.54 Å². The molecule has 1 rings (SSSR count). The summed E-state index contributed by atoms with van der Waals surface area (Å²) >= 11 is 0. The van der Waals surface area contributed by atoms with Crippen molar-refractivity contribution < 1.29 is 22.3 Å². The van der Waals surface area contributed by atoms with E-state index in [2.05, 4.69) is 4.72 Å². The van der Waals surface area contributed by atoms with Gasteiger partial charge in [0.2, 0.25) is 10.0 Å². The Labute approximate surface area is 111 Å². The second-order valence-electron chi connectivity index (χ2n) is 4.36. The van der Waals surface area contributed by atoms with Crippen molar-refractivity contribution in [3.63, 3.8) is 0 Å². The zero-order valence-corrected chi connectivity index (χ0v) is 11.6. The predicted molar refractivity (Wildman–Crippen MR) is 67.1 cm³/mol. The minimum atomic E-state index is -4.05. The quantitative estimate of drug-likeness (QED) is 0.840. The van der Waals surface area contributed by atoms with Crippen molar-refractivity contribution in [2.45, 2.75) is 37.2 Å². The third kappa shape index (κ3) is 4.22. The van der Waals surface area contributed by atoms with Crippen LogP contribution in [0.3, 0.4) is 0 Å². The highest BCUT2D eigenvalue weighted by atomic mass is 32.2. The number of sulfonamides is 1. The molecule has 0 spiro atoms. The number of rotatable bonds is 6. The maximum absolute atomic E-state index is 13.0. The van der Waals surface area contributed by atoms with Crippen molar-refractivity contribution in [1.82, 2.24) is 4.72 Å². The monoisotopic (exact) mass is 293 g/mol. The molecule has 0 aromatic heterocycles. The molecule has 0 aliphatic rings. The van der Waals surface area contributed by atoms with Crippen LogP contribution in [0.15, 0.2) is 23.1 Å². The summed E-state index contributed by atoms with van der Waals surface area (Å²) in [7, 11) is -4.05. The molecular weight excluding hydrogens is 276 g/mol. The molecule has 0 aliphatic heterocycles. The van der Waals surface area contributed by atoms with E-state index in [1.807, 2.05) is 0 Å². The van der Waals surface area contributed by atoms with Crippen molar-refractivity contribution in [3.8, 4) is 0 Å². The maximum atomic E-state index is 13.0. The van der Waals surface area contributed by atoms with Gasteiger partial charge in [-0.15, -0.1) is 0 Å². The molecule has 0 radical (unpaired) electrons. The lowest BCUT2D eigenvalue weighted by atomic mass is 9.98. The number of hydrogen-bond acceptors (Lipinski definition) is 3. The van der Waals surface area contributed by atoms with Crippen LogP contribution in [-0.2, 0) is 10.0 Å². The number of halogens is 2. The smallest absolute Gasteiger partial charge is 0.240 e. The lowest BCUT2D eigenvalue weighted by Gasteiger charge is -2.25. The average Bonchev–Trinajstić information content (AvgIpc) is 2.35. The predicted octanol–water partition coefficient (Wildman–Crippen LogP) is 1.79. The van der Waals surface area contributed by atoms with Gasteiger partial charge in [-0.05, 0) is 25.0 Å². The first-order valence-corrected chi connectivity index (χ1v) is 7.39. The maximum Gasteiger partial charge on any atom is 0.240 e. The van der Waals surface area contributed by atoms with Crippen LogP contribution >= 0.6 is 0 Å². The minimum absolute atomic E-state index is 0.208. The summed E-state index contributed by atoms with van der Waals surface area (Å²) in [6.07, 6.45) is 0.729. The number of aliphatic hydroxyl groups is 1. The average molecular weight is 293 g/mol. The first-order chi connectivity index (χ1) is 8.72. The van der Waals surface area contributed by atoms with E-state index in [1.54, 1.807) is 13.8 Å². The molecule has 108 valence electrons. The number of hydrogen-bond donors (Lipinski definition) is 2. The van der Waals surface area contributed by atoms with Gasteiger partial charge in [0.05, 0.1) is 10.5 Å². The molecule has 0 fully saturated rings. The van der Waals surface area contributed by atoms with Gasteiger partial charge < -0.3 is 5.11 Å². The highest BCUT2D eigenvalue weighted by molar-refractivity contribution is 7.89. The Morgan fingerprint density at radius 3 is 2.05 bits per heavy atom. The molecule has 0 saturated carbocycles. The minimum Gasteiger partial charge on any atom is -0.389 e. The van der Waals surface area contributed by atoms with Gasteiger partial charge in [-0.1, -0.05) is 13.8 Å². The van der Waals surface area contributed by atoms with E-state index < -0.39 is 32.2 Å². The summed E-state index contributed by atoms with van der Waals surface area (Å²) in [6.45, 7) is 3.24. The highest BCUT2D eigenvalue weighted by Crippen LogP contribution is 2.17. The lowest BCUT2D eigenvalue weighted by molar-refractivity contribution is 0.0377. The molecule has 7 heteroatoms. The summed E-state index contributed by atoms with van der Waals surface area (Å²) < 4.78 is 51.8. The van der Waals surface area contributed by atoms with E-state index >= 15 is 0 Å². The summed E-state index contributed by atoms with van der Waals surface area (Å²) in [4.78, 5) is -0.500. The zero-order chi connectivity index (χ0) is 14.7. The van der Waals surface area contributed by atoms with Crippen LogP contribution in [0.25, 0.3) is 0 Å². The highest BCUT2D eigenvalue weighted by Gasteiger charge is 2.26. The van der Waals surface area contributed by atoms with Crippen molar-refractivity contribution in [2.24, 2.45) is 0 Å². The van der Waals surface area contributed by atoms with E-state index in [9.17, 15) is 22.3 Å². The molecule has 0 atom stereocenters. The van der Waals surface area contributed by atoms with Crippen molar-refractivity contribution in [1.29, 1.82) is 0 Å². The Balaban J connectivity index is 2.93. The van der Waals surface area contributed by atoms with Gasteiger partial charge in [-0.2, -0.15) is 0 Å². The van der Waals surface area contributed by atoms with Crippen LogP contribution < -0.4 is 4.72 Å². The van der Waals surface area contributed by atoms with E-state index in [1.165, 1.54) is 0 Å². The third-order valence-corrected chi connectivity index (χ3v) is 4.43. The topological polar surface area (TPSA) is 66.4 Å². The first kappa shape index (κ1) is 16.0. The Bertz CT molecular complexity index is 522. The lowest BCUT2D eigenvalue weighted by Crippen LogP contribution is -2.42. The molecule has 19 heavy (non-hydrogen) atoms. The number of nitrogens with one attached hydrogen (secondary N) is 1. The van der Waals surface area contributed by atoms with Crippen LogP contribution in [0.1, 0.15) is 26.7 Å². The Hall–Kier alpha value is -1.05. The third-order valence-electron chi connectivity index (χ3n) is 3.05. The standard InChI is InChI=1S/C12H17F2NO3S/c1-3-12(16,4-2)8-15-19(17,18)11-6-9(13)5-10(14)7-11/h5-7,15-16H,3-4,8H2,1-2H3. The van der Waals surface area contributed by atoms with Crippen LogP contribution in [0.4, 0.5) is 8.78 Å². The van der Waals surface area contributed by atoms with Crippen LogP contribution in [0.5, 0.6) is 0 Å². The molecule has 2 N–H and O–H groups in total. The zero-order valence-electron chi connectivity index (χ0n) is 10.8. The Morgan fingerprint density at radius 2 is 1.63 bits per heavy atom. The molecule has 0 bridgehead atoms. The summed E-state index contributed by atoms with van der Waals surface area (Å²) in [5.74, 6) is -1.94. The summed E-state index contributed by atoms with van der Waals surface area (Å²) in [5.41, 5.74) is -1.17. The number of benzene rings is 1. The molecule has 4 nitrogen and oxygen atoms in total. The van der Waals surface area contributed by atoms with Crippen molar-refractivity contribution in [2.75, 3.05) is 6.54 Å². The van der Waals surface area contributed by atoms with E-state index in [0.29, 0.717) is 18.9 Å². The largest absolute Gasteiger partial charge is 0.389 e. The van der Waals surface area contributed by atoms with Crippen molar-refractivity contribution in [3.05, 3.63) is 29.8 Å². The molecule has 0 saturated heterocycles. The van der Waals surface area contributed by atoms with Crippen LogP contribution in [-0.4, -0.2) is 25.7 Å². The van der Waals surface area contributed by atoms with Gasteiger partial charge in [-0.25, -0.2) is 21.9 Å². The second kappa shape index (κ2) is 5.94. The second-order valence-corrected chi connectivity index (χ2v) is 6.13. The van der Waals surface area contributed by atoms with Crippen LogP contribution in [0, 0.1) is 11.6 Å². The molecule has 0 unspecified atom stereocenters. The fourth-order valence-electron chi connectivity index (χ4n) is 1.50. The first-order valence-electron chi connectivity index (χ1n) is 5.90. The fraction of sp³-hybridized carbons (Fsp3) is 0.500. The van der Waals surface area contributed by atoms with E-state index in [4.69, 9.17) is 0 Å². The van der Waals surface area contributed by atoms with Gasteiger partial charge in [-0.3, -0.25) is 0 Å². The fourth-order valence-corrected chi connectivity index (χ4v) is 2.66. The Kier molecular flexibility index (Phi) is 5.00. The van der Waals surface area contributed by atoms with E-state index in [0.717, 1.165) is 12.1 Å². The van der Waals surface area contributed by atoms with Crippen LogP contribution in [0.2, 0.25) is 0 Å². The van der Waals surface area contributed by atoms with Gasteiger partial charge in [0.1, 0.15) is 11.6 Å². The molecule has 0 amide bonds. The van der Waals surface area contributed by atoms with Gasteiger partial charge in [0.25, 0.3) is 0 Å². The normalized spacial score (nSPS) is 12.7. The summed E-state index contributed by atoms with van der Waals surface area (Å²) in [5, 5.41) is 9.97. The molecular formula is C12H17F2NO3S. The van der Waals surface area contributed by atoms with Gasteiger partial charge in [0.15, 0.2) is 0 Å². The Morgan fingerprint density at radius 1 is 1.16 bits per heavy atom. The van der Waals surface area contributed by atoms with Gasteiger partial charge in [0, 0.05) is 12.6 Å². The molecule has 1 aromatic rings.